The minimum atomic E-state index is 0.159. The van der Waals surface area contributed by atoms with Gasteiger partial charge in [0.05, 0.1) is 18.8 Å². The van der Waals surface area contributed by atoms with E-state index in [1.807, 2.05) is 12.1 Å². The van der Waals surface area contributed by atoms with Gasteiger partial charge in [-0.3, -0.25) is 0 Å². The number of nitrogens with zero attached hydrogens (tertiary/aromatic N) is 2. The van der Waals surface area contributed by atoms with Gasteiger partial charge in [-0.2, -0.15) is 0 Å². The van der Waals surface area contributed by atoms with Crippen LogP contribution in [0.2, 0.25) is 0 Å². The Morgan fingerprint density at radius 1 is 1.38 bits per heavy atom. The van der Waals surface area contributed by atoms with Gasteiger partial charge in [0.25, 0.3) is 0 Å². The Balaban J connectivity index is 1.89. The lowest BCUT2D eigenvalue weighted by Crippen LogP contribution is -2.41. The molecule has 6 nitrogen and oxygen atoms in total. The van der Waals surface area contributed by atoms with Crippen molar-refractivity contribution < 1.29 is 9.47 Å². The van der Waals surface area contributed by atoms with Crippen molar-refractivity contribution >= 4 is 5.96 Å². The van der Waals surface area contributed by atoms with Gasteiger partial charge in [-0.05, 0) is 50.7 Å². The van der Waals surface area contributed by atoms with Gasteiger partial charge in [-0.1, -0.05) is 13.8 Å². The molecule has 26 heavy (non-hydrogen) atoms. The summed E-state index contributed by atoms with van der Waals surface area (Å²) in [6, 6.07) is 3.96. The van der Waals surface area contributed by atoms with Crippen LogP contribution in [-0.2, 0) is 11.3 Å². The number of ether oxygens (including phenoxy) is 2. The molecule has 0 aliphatic carbocycles. The number of nitrogens with one attached hydrogen (secondary N) is 2. The quantitative estimate of drug-likeness (QED) is 0.522. The first-order valence-corrected chi connectivity index (χ1v) is 9.82. The average molecular weight is 363 g/mol. The van der Waals surface area contributed by atoms with E-state index in [9.17, 15) is 0 Å². The van der Waals surface area contributed by atoms with Crippen molar-refractivity contribution in [1.82, 2.24) is 15.6 Å². The van der Waals surface area contributed by atoms with Crippen LogP contribution in [0.15, 0.2) is 23.3 Å². The molecule has 0 amide bonds. The third-order valence-electron chi connectivity index (χ3n) is 4.21. The van der Waals surface area contributed by atoms with E-state index in [-0.39, 0.29) is 6.10 Å². The minimum absolute atomic E-state index is 0.159. The molecule has 2 atom stereocenters. The second kappa shape index (κ2) is 11.0. The summed E-state index contributed by atoms with van der Waals surface area (Å²) >= 11 is 0. The molecule has 0 aromatic carbocycles. The maximum absolute atomic E-state index is 5.93. The van der Waals surface area contributed by atoms with Gasteiger partial charge in [0, 0.05) is 32.0 Å². The Hall–Kier alpha value is -1.82. The molecular weight excluding hydrogens is 328 g/mol. The van der Waals surface area contributed by atoms with Gasteiger partial charge in [0.2, 0.25) is 5.88 Å². The lowest BCUT2D eigenvalue weighted by Gasteiger charge is -2.16. The number of aromatic nitrogens is 1. The van der Waals surface area contributed by atoms with E-state index in [4.69, 9.17) is 9.47 Å². The second-order valence-corrected chi connectivity index (χ2v) is 7.27. The van der Waals surface area contributed by atoms with Gasteiger partial charge >= 0.3 is 0 Å². The smallest absolute Gasteiger partial charge is 0.213 e. The van der Waals surface area contributed by atoms with Crippen LogP contribution in [0.5, 0.6) is 5.88 Å². The number of aliphatic imine (C=N–C) groups is 1. The molecule has 0 spiro atoms. The molecule has 6 heteroatoms. The molecule has 0 saturated carbocycles. The highest BCUT2D eigenvalue weighted by molar-refractivity contribution is 5.79. The molecule has 1 fully saturated rings. The standard InChI is InChI=1S/C20H34N4O2/c1-5-21-20(24-14-18-7-6-10-25-18)23-13-17-8-9-22-19(12-17)26-16(4)11-15(2)3/h8-9,12,15-16,18H,5-7,10-11,13-14H2,1-4H3,(H2,21,23,24). The Kier molecular flexibility index (Phi) is 8.68. The highest BCUT2D eigenvalue weighted by atomic mass is 16.5. The van der Waals surface area contributed by atoms with Crippen molar-refractivity contribution in [2.24, 2.45) is 10.9 Å². The Labute approximate surface area is 157 Å². The molecule has 1 aromatic rings. The first kappa shape index (κ1) is 20.5. The van der Waals surface area contributed by atoms with Crippen LogP contribution in [0, 0.1) is 5.92 Å². The zero-order chi connectivity index (χ0) is 18.8. The Bertz CT molecular complexity index is 556. The van der Waals surface area contributed by atoms with Crippen LogP contribution in [0.3, 0.4) is 0 Å². The summed E-state index contributed by atoms with van der Waals surface area (Å²) in [5, 5.41) is 6.65. The predicted octanol–water partition coefficient (Wildman–Crippen LogP) is 3.13. The molecular formula is C20H34N4O2. The van der Waals surface area contributed by atoms with Crippen LogP contribution >= 0.6 is 0 Å². The topological polar surface area (TPSA) is 67.8 Å². The highest BCUT2D eigenvalue weighted by Gasteiger charge is 2.15. The molecule has 1 aliphatic rings. The van der Waals surface area contributed by atoms with E-state index in [2.05, 4.69) is 48.3 Å². The van der Waals surface area contributed by atoms with Crippen LogP contribution in [0.1, 0.15) is 52.5 Å². The lowest BCUT2D eigenvalue weighted by molar-refractivity contribution is 0.114. The summed E-state index contributed by atoms with van der Waals surface area (Å²) in [5.41, 5.74) is 1.08. The molecule has 2 unspecified atom stereocenters. The highest BCUT2D eigenvalue weighted by Crippen LogP contribution is 2.15. The van der Waals surface area contributed by atoms with Crippen molar-refractivity contribution in [3.05, 3.63) is 23.9 Å². The summed E-state index contributed by atoms with van der Waals surface area (Å²) in [6.07, 6.45) is 5.52. The molecule has 0 bridgehead atoms. The van der Waals surface area contributed by atoms with E-state index in [0.717, 1.165) is 50.5 Å². The van der Waals surface area contributed by atoms with E-state index < -0.39 is 0 Å². The summed E-state index contributed by atoms with van der Waals surface area (Å²) in [5.74, 6) is 2.09. The molecule has 1 aromatic heterocycles. The van der Waals surface area contributed by atoms with Crippen LogP contribution < -0.4 is 15.4 Å². The number of hydrogen-bond acceptors (Lipinski definition) is 4. The van der Waals surface area contributed by atoms with E-state index in [0.29, 0.717) is 24.4 Å². The zero-order valence-electron chi connectivity index (χ0n) is 16.6. The Morgan fingerprint density at radius 3 is 2.92 bits per heavy atom. The molecule has 1 saturated heterocycles. The fourth-order valence-electron chi connectivity index (χ4n) is 3.06. The number of rotatable bonds is 9. The predicted molar refractivity (Wildman–Crippen MR) is 106 cm³/mol. The first-order chi connectivity index (χ1) is 12.6. The third-order valence-corrected chi connectivity index (χ3v) is 4.21. The normalized spacial score (nSPS) is 18.8. The maximum Gasteiger partial charge on any atom is 0.213 e. The van der Waals surface area contributed by atoms with Crippen LogP contribution in [-0.4, -0.2) is 42.8 Å². The number of guanidine groups is 1. The van der Waals surface area contributed by atoms with Crippen molar-refractivity contribution in [3.63, 3.8) is 0 Å². The van der Waals surface area contributed by atoms with Gasteiger partial charge in [-0.25, -0.2) is 9.98 Å². The minimum Gasteiger partial charge on any atom is -0.475 e. The molecule has 1 aliphatic heterocycles. The van der Waals surface area contributed by atoms with Crippen molar-refractivity contribution in [2.45, 2.75) is 65.7 Å². The lowest BCUT2D eigenvalue weighted by atomic mass is 10.1. The number of hydrogen-bond donors (Lipinski definition) is 2. The summed E-state index contributed by atoms with van der Waals surface area (Å²) in [4.78, 5) is 8.99. The van der Waals surface area contributed by atoms with Gasteiger partial charge in [0.1, 0.15) is 0 Å². The van der Waals surface area contributed by atoms with Crippen molar-refractivity contribution in [3.8, 4) is 5.88 Å². The SMILES string of the molecule is CCNC(=NCc1ccnc(OC(C)CC(C)C)c1)NCC1CCCO1. The molecule has 2 rings (SSSR count). The Morgan fingerprint density at radius 2 is 2.23 bits per heavy atom. The second-order valence-electron chi connectivity index (χ2n) is 7.27. The largest absolute Gasteiger partial charge is 0.475 e. The maximum atomic E-state index is 5.93. The molecule has 2 heterocycles. The number of pyridine rings is 1. The monoisotopic (exact) mass is 362 g/mol. The molecule has 0 radical (unpaired) electrons. The first-order valence-electron chi connectivity index (χ1n) is 9.82. The fraction of sp³-hybridized carbons (Fsp3) is 0.700. The van der Waals surface area contributed by atoms with E-state index >= 15 is 0 Å². The fourth-order valence-corrected chi connectivity index (χ4v) is 3.06. The molecule has 2 N–H and O–H groups in total. The van der Waals surface area contributed by atoms with Gasteiger partial charge < -0.3 is 20.1 Å². The van der Waals surface area contributed by atoms with Gasteiger partial charge in [-0.15, -0.1) is 0 Å². The summed E-state index contributed by atoms with van der Waals surface area (Å²) in [6.45, 7) is 11.6. The van der Waals surface area contributed by atoms with E-state index in [1.54, 1.807) is 6.20 Å². The summed E-state index contributed by atoms with van der Waals surface area (Å²) in [7, 11) is 0. The molecule has 146 valence electrons. The van der Waals surface area contributed by atoms with Crippen LogP contribution in [0.25, 0.3) is 0 Å². The van der Waals surface area contributed by atoms with Crippen molar-refractivity contribution in [2.75, 3.05) is 19.7 Å². The summed E-state index contributed by atoms with van der Waals surface area (Å²) < 4.78 is 11.6. The third kappa shape index (κ3) is 7.60. The average Bonchev–Trinajstić information content (AvgIpc) is 3.10. The zero-order valence-corrected chi connectivity index (χ0v) is 16.6. The van der Waals surface area contributed by atoms with E-state index in [1.165, 1.54) is 0 Å². The van der Waals surface area contributed by atoms with Gasteiger partial charge in [0.15, 0.2) is 5.96 Å². The van der Waals surface area contributed by atoms with Crippen molar-refractivity contribution in [1.29, 1.82) is 0 Å². The van der Waals surface area contributed by atoms with Crippen LogP contribution in [0.4, 0.5) is 0 Å².